The minimum atomic E-state index is -0.839. The van der Waals surface area contributed by atoms with Gasteiger partial charge in [-0.25, -0.2) is 0 Å². The van der Waals surface area contributed by atoms with Crippen LogP contribution in [0.2, 0.25) is 0 Å². The maximum atomic E-state index is 12.7. The van der Waals surface area contributed by atoms with Crippen molar-refractivity contribution in [2.24, 2.45) is 35.5 Å². The Morgan fingerprint density at radius 3 is 2.23 bits per heavy atom. The van der Waals surface area contributed by atoms with E-state index < -0.39 is 17.8 Å². The molecule has 22 heavy (non-hydrogen) atoms. The first-order valence-electron chi connectivity index (χ1n) is 7.85. The smallest absolute Gasteiger partial charge is 0.307 e. The summed E-state index contributed by atoms with van der Waals surface area (Å²) in [7, 11) is 0. The van der Waals surface area contributed by atoms with Gasteiger partial charge in [-0.2, -0.15) is 0 Å². The van der Waals surface area contributed by atoms with Crippen LogP contribution in [0.4, 0.5) is 5.69 Å². The van der Waals surface area contributed by atoms with Gasteiger partial charge in [0, 0.05) is 5.69 Å². The summed E-state index contributed by atoms with van der Waals surface area (Å²) in [6, 6.07) is 7.60. The van der Waals surface area contributed by atoms with E-state index in [0.717, 1.165) is 17.7 Å². The lowest BCUT2D eigenvalue weighted by molar-refractivity contribution is -0.152. The Hall–Kier alpha value is -2.10. The third kappa shape index (κ3) is 1.97. The standard InChI is InChI=1S/C18H19NO3/c1-9-2-4-10(5-3-9)19-17(20)15-11-6-7-12(14-8-13(11)14)16(15)18(21)22/h2-7,11-16H,8H2,1H3,(H,19,20)(H,21,22)/t11-,12-,13+,14-,15+,16-/m0/s1. The van der Waals surface area contributed by atoms with Crippen molar-refractivity contribution in [1.82, 2.24) is 0 Å². The van der Waals surface area contributed by atoms with Crippen molar-refractivity contribution < 1.29 is 14.7 Å². The van der Waals surface area contributed by atoms with Crippen LogP contribution < -0.4 is 5.32 Å². The molecule has 2 saturated carbocycles. The molecule has 0 aromatic heterocycles. The van der Waals surface area contributed by atoms with E-state index in [4.69, 9.17) is 0 Å². The molecule has 0 spiro atoms. The number of carboxylic acid groups (broad SMARTS) is 1. The van der Waals surface area contributed by atoms with Gasteiger partial charge in [0.25, 0.3) is 0 Å². The highest BCUT2D eigenvalue weighted by Crippen LogP contribution is 2.63. The van der Waals surface area contributed by atoms with Crippen LogP contribution in [0.3, 0.4) is 0 Å². The number of fused-ring (bicyclic) bond motifs is 1. The molecule has 4 aliphatic carbocycles. The van der Waals surface area contributed by atoms with Crippen molar-refractivity contribution in [3.63, 3.8) is 0 Å². The Morgan fingerprint density at radius 1 is 1.05 bits per heavy atom. The number of aryl methyl sites for hydroxylation is 1. The molecule has 6 atom stereocenters. The molecular formula is C18H19NO3. The van der Waals surface area contributed by atoms with Gasteiger partial charge in [-0.1, -0.05) is 29.8 Å². The van der Waals surface area contributed by atoms with Crippen molar-refractivity contribution in [2.75, 3.05) is 5.32 Å². The fourth-order valence-corrected chi connectivity index (χ4v) is 4.43. The highest BCUT2D eigenvalue weighted by atomic mass is 16.4. The SMILES string of the molecule is Cc1ccc(NC(=O)[C@@H]2[C@H]3C=C[C@@H]([C@@H]4C[C@H]34)[C@@H]2C(=O)O)cc1. The largest absolute Gasteiger partial charge is 0.481 e. The van der Waals surface area contributed by atoms with Crippen molar-refractivity contribution in [1.29, 1.82) is 0 Å². The number of rotatable bonds is 3. The number of carbonyl (C=O) groups excluding carboxylic acids is 1. The van der Waals surface area contributed by atoms with E-state index in [0.29, 0.717) is 11.8 Å². The van der Waals surface area contributed by atoms with Gasteiger partial charge in [-0.05, 0) is 49.1 Å². The summed E-state index contributed by atoms with van der Waals surface area (Å²) in [5, 5.41) is 12.5. The summed E-state index contributed by atoms with van der Waals surface area (Å²) < 4.78 is 0. The minimum absolute atomic E-state index is 0.0290. The molecule has 5 rings (SSSR count). The summed E-state index contributed by atoms with van der Waals surface area (Å²) in [4.78, 5) is 24.4. The average Bonchev–Trinajstić information content (AvgIpc) is 3.30. The van der Waals surface area contributed by atoms with Crippen LogP contribution in [0.1, 0.15) is 12.0 Å². The molecule has 2 fully saturated rings. The Labute approximate surface area is 129 Å². The number of carboxylic acids is 1. The Balaban J connectivity index is 1.60. The van der Waals surface area contributed by atoms with Crippen LogP contribution >= 0.6 is 0 Å². The Bertz CT molecular complexity index is 663. The van der Waals surface area contributed by atoms with Gasteiger partial charge in [-0.3, -0.25) is 9.59 Å². The third-order valence-corrected chi connectivity index (χ3v) is 5.56. The molecular weight excluding hydrogens is 278 g/mol. The lowest BCUT2D eigenvalue weighted by Gasteiger charge is -2.41. The normalized spacial score (nSPS) is 37.5. The van der Waals surface area contributed by atoms with Crippen LogP contribution in [0.25, 0.3) is 0 Å². The number of allylic oxidation sites excluding steroid dienone is 2. The molecule has 1 aromatic carbocycles. The Kier molecular flexibility index (Phi) is 2.90. The molecule has 2 N–H and O–H groups in total. The van der Waals surface area contributed by atoms with Gasteiger partial charge in [0.05, 0.1) is 11.8 Å². The second kappa shape index (κ2) is 4.70. The summed E-state index contributed by atoms with van der Waals surface area (Å²) in [6.45, 7) is 1.99. The highest BCUT2D eigenvalue weighted by molar-refractivity contribution is 5.96. The maximum Gasteiger partial charge on any atom is 0.307 e. The fourth-order valence-electron chi connectivity index (χ4n) is 4.43. The molecule has 0 saturated heterocycles. The van der Waals surface area contributed by atoms with Gasteiger partial charge in [0.2, 0.25) is 5.91 Å². The molecule has 0 aliphatic heterocycles. The van der Waals surface area contributed by atoms with E-state index in [9.17, 15) is 14.7 Å². The number of anilines is 1. The van der Waals surface area contributed by atoms with Crippen LogP contribution in [-0.4, -0.2) is 17.0 Å². The molecule has 1 amide bonds. The predicted octanol–water partition coefficient (Wildman–Crippen LogP) is 2.70. The molecule has 4 aliphatic rings. The van der Waals surface area contributed by atoms with Crippen molar-refractivity contribution in [2.45, 2.75) is 13.3 Å². The summed E-state index contributed by atoms with van der Waals surface area (Å²) in [6.07, 6.45) is 5.19. The zero-order valence-corrected chi connectivity index (χ0v) is 12.4. The summed E-state index contributed by atoms with van der Waals surface area (Å²) >= 11 is 0. The van der Waals surface area contributed by atoms with Gasteiger partial charge in [0.15, 0.2) is 0 Å². The van der Waals surface area contributed by atoms with Crippen molar-refractivity contribution in [3.05, 3.63) is 42.0 Å². The summed E-state index contributed by atoms with van der Waals surface area (Å²) in [5.74, 6) is -0.904. The van der Waals surface area contributed by atoms with Gasteiger partial charge in [-0.15, -0.1) is 0 Å². The first kappa shape index (κ1) is 13.6. The molecule has 1 aromatic rings. The van der Waals surface area contributed by atoms with E-state index in [1.54, 1.807) is 0 Å². The molecule has 2 bridgehead atoms. The van der Waals surface area contributed by atoms with Crippen molar-refractivity contribution >= 4 is 17.6 Å². The van der Waals surface area contributed by atoms with Gasteiger partial charge >= 0.3 is 5.97 Å². The topological polar surface area (TPSA) is 66.4 Å². The minimum Gasteiger partial charge on any atom is -0.481 e. The number of nitrogens with one attached hydrogen (secondary N) is 1. The van der Waals surface area contributed by atoms with Gasteiger partial charge < -0.3 is 10.4 Å². The first-order valence-corrected chi connectivity index (χ1v) is 7.85. The zero-order valence-electron chi connectivity index (χ0n) is 12.4. The van der Waals surface area contributed by atoms with E-state index >= 15 is 0 Å². The molecule has 0 radical (unpaired) electrons. The zero-order chi connectivity index (χ0) is 15.4. The van der Waals surface area contributed by atoms with Crippen LogP contribution in [-0.2, 0) is 9.59 Å². The second-order valence-corrected chi connectivity index (χ2v) is 6.85. The van der Waals surface area contributed by atoms with Gasteiger partial charge in [0.1, 0.15) is 0 Å². The number of aliphatic carboxylic acids is 1. The van der Waals surface area contributed by atoms with Crippen LogP contribution in [0.15, 0.2) is 36.4 Å². The number of hydrogen-bond acceptors (Lipinski definition) is 2. The fraction of sp³-hybridized carbons (Fsp3) is 0.444. The number of carbonyl (C=O) groups is 2. The molecule has 0 unspecified atom stereocenters. The number of amides is 1. The van der Waals surface area contributed by atoms with E-state index in [2.05, 4.69) is 11.4 Å². The summed E-state index contributed by atoms with van der Waals surface area (Å²) in [5.41, 5.74) is 1.86. The second-order valence-electron chi connectivity index (χ2n) is 6.85. The van der Waals surface area contributed by atoms with E-state index in [1.165, 1.54) is 0 Å². The Morgan fingerprint density at radius 2 is 1.64 bits per heavy atom. The first-order chi connectivity index (χ1) is 10.6. The molecule has 0 heterocycles. The van der Waals surface area contributed by atoms with Crippen molar-refractivity contribution in [3.8, 4) is 0 Å². The lowest BCUT2D eigenvalue weighted by atomic mass is 9.62. The van der Waals surface area contributed by atoms with Crippen LogP contribution in [0.5, 0.6) is 0 Å². The molecule has 4 heteroatoms. The molecule has 4 nitrogen and oxygen atoms in total. The number of benzene rings is 1. The van der Waals surface area contributed by atoms with E-state index in [-0.39, 0.29) is 17.7 Å². The average molecular weight is 297 g/mol. The lowest BCUT2D eigenvalue weighted by Crippen LogP contribution is -2.48. The van der Waals surface area contributed by atoms with E-state index in [1.807, 2.05) is 37.3 Å². The third-order valence-electron chi connectivity index (χ3n) is 5.56. The van der Waals surface area contributed by atoms with Crippen LogP contribution in [0, 0.1) is 42.4 Å². The highest BCUT2D eigenvalue weighted by Gasteiger charge is 2.62. The molecule has 114 valence electrons. The maximum absolute atomic E-state index is 12.7. The quantitative estimate of drug-likeness (QED) is 0.843. The predicted molar refractivity (Wildman–Crippen MR) is 82.1 cm³/mol. The number of hydrogen-bond donors (Lipinski definition) is 2. The monoisotopic (exact) mass is 297 g/mol.